The Bertz CT molecular complexity index is 1100. The molecule has 0 spiro atoms. The number of fused-ring (bicyclic) bond motifs is 1. The van der Waals surface area contributed by atoms with Crippen molar-refractivity contribution in [3.05, 3.63) is 62.9 Å². The average Bonchev–Trinajstić information content (AvgIpc) is 2.64. The Morgan fingerprint density at radius 2 is 1.86 bits per heavy atom. The molecule has 0 bridgehead atoms. The van der Waals surface area contributed by atoms with E-state index in [1.54, 1.807) is 41.8 Å². The first kappa shape index (κ1) is 20.7. The predicted octanol–water partition coefficient (Wildman–Crippen LogP) is 5.40. The molecule has 8 heteroatoms. The number of nitrogens with zero attached hydrogens (tertiary/aromatic N) is 2. The van der Waals surface area contributed by atoms with E-state index in [1.807, 2.05) is 26.0 Å². The number of para-hydroxylation sites is 1. The summed E-state index contributed by atoms with van der Waals surface area (Å²) in [7, 11) is 0. The van der Waals surface area contributed by atoms with E-state index in [9.17, 15) is 9.59 Å². The average molecular weight is 436 g/mol. The van der Waals surface area contributed by atoms with E-state index in [4.69, 9.17) is 23.2 Å². The van der Waals surface area contributed by atoms with Crippen molar-refractivity contribution in [1.82, 2.24) is 9.55 Å². The second-order valence-corrected chi connectivity index (χ2v) is 8.71. The number of amides is 1. The Balaban J connectivity index is 1.91. The summed E-state index contributed by atoms with van der Waals surface area (Å²) in [4.78, 5) is 30.2. The Hall–Kier alpha value is -2.02. The maximum Gasteiger partial charge on any atom is 0.262 e. The number of anilines is 1. The number of carbonyl (C=O) groups is 1. The van der Waals surface area contributed by atoms with Crippen molar-refractivity contribution in [2.75, 3.05) is 5.32 Å². The lowest BCUT2D eigenvalue weighted by Crippen LogP contribution is -2.28. The lowest BCUT2D eigenvalue weighted by Gasteiger charge is -2.18. The van der Waals surface area contributed by atoms with Crippen LogP contribution < -0.4 is 10.9 Å². The van der Waals surface area contributed by atoms with E-state index < -0.39 is 5.25 Å². The van der Waals surface area contributed by atoms with Gasteiger partial charge in [-0.2, -0.15) is 0 Å². The van der Waals surface area contributed by atoms with Gasteiger partial charge in [-0.05, 0) is 51.1 Å². The molecule has 2 aromatic carbocycles. The molecule has 3 aromatic rings. The van der Waals surface area contributed by atoms with Crippen LogP contribution >= 0.6 is 35.0 Å². The van der Waals surface area contributed by atoms with Crippen molar-refractivity contribution < 1.29 is 4.79 Å². The molecule has 0 aliphatic carbocycles. The molecule has 0 aliphatic heterocycles. The highest BCUT2D eigenvalue weighted by molar-refractivity contribution is 8.00. The van der Waals surface area contributed by atoms with Gasteiger partial charge >= 0.3 is 0 Å². The fourth-order valence-corrected chi connectivity index (χ4v) is 4.08. The van der Waals surface area contributed by atoms with Crippen molar-refractivity contribution in [2.45, 2.75) is 37.2 Å². The standard InChI is InChI=1S/C20H19Cl2N3O2S/c1-11(2)25-19(27)14-6-4-5-7-16(14)24-20(25)28-12(3)18(26)23-17-10-13(21)8-9-15(17)22/h4-12H,1-3H3,(H,23,26). The number of hydrogen-bond acceptors (Lipinski definition) is 4. The number of benzene rings is 2. The lowest BCUT2D eigenvalue weighted by molar-refractivity contribution is -0.115. The molecule has 1 N–H and O–H groups in total. The van der Waals surface area contributed by atoms with Crippen molar-refractivity contribution >= 4 is 57.5 Å². The molecule has 1 unspecified atom stereocenters. The van der Waals surface area contributed by atoms with Crippen LogP contribution in [0.2, 0.25) is 10.0 Å². The topological polar surface area (TPSA) is 64.0 Å². The third kappa shape index (κ3) is 4.35. The van der Waals surface area contributed by atoms with Gasteiger partial charge in [-0.1, -0.05) is 47.1 Å². The van der Waals surface area contributed by atoms with Crippen LogP contribution in [0.1, 0.15) is 26.8 Å². The Labute approximate surface area is 177 Å². The highest BCUT2D eigenvalue weighted by Crippen LogP contribution is 2.28. The van der Waals surface area contributed by atoms with Gasteiger partial charge in [0, 0.05) is 11.1 Å². The Kier molecular flexibility index (Phi) is 6.33. The molecule has 28 heavy (non-hydrogen) atoms. The van der Waals surface area contributed by atoms with E-state index in [2.05, 4.69) is 10.3 Å². The Morgan fingerprint density at radius 3 is 2.57 bits per heavy atom. The molecular formula is C20H19Cl2N3O2S. The van der Waals surface area contributed by atoms with Gasteiger partial charge in [-0.15, -0.1) is 0 Å². The number of aromatic nitrogens is 2. The van der Waals surface area contributed by atoms with Gasteiger partial charge in [0.2, 0.25) is 5.91 Å². The molecule has 0 saturated carbocycles. The van der Waals surface area contributed by atoms with Crippen molar-refractivity contribution in [1.29, 1.82) is 0 Å². The first-order chi connectivity index (χ1) is 13.3. The van der Waals surface area contributed by atoms with Crippen molar-refractivity contribution in [3.63, 3.8) is 0 Å². The van der Waals surface area contributed by atoms with Gasteiger partial charge in [-0.25, -0.2) is 4.98 Å². The van der Waals surface area contributed by atoms with E-state index in [1.165, 1.54) is 11.8 Å². The number of thioether (sulfide) groups is 1. The maximum absolute atomic E-state index is 12.9. The molecule has 0 fully saturated rings. The molecule has 0 aliphatic rings. The minimum Gasteiger partial charge on any atom is -0.324 e. The van der Waals surface area contributed by atoms with E-state index in [0.717, 1.165) is 0 Å². The van der Waals surface area contributed by atoms with Crippen LogP contribution in [0.3, 0.4) is 0 Å². The fraction of sp³-hybridized carbons (Fsp3) is 0.250. The van der Waals surface area contributed by atoms with Crippen LogP contribution in [0, 0.1) is 0 Å². The summed E-state index contributed by atoms with van der Waals surface area (Å²) < 4.78 is 1.61. The van der Waals surface area contributed by atoms with Crippen LogP contribution in [0.15, 0.2) is 52.4 Å². The second-order valence-electron chi connectivity index (χ2n) is 6.55. The van der Waals surface area contributed by atoms with Gasteiger partial charge in [0.1, 0.15) is 0 Å². The smallest absolute Gasteiger partial charge is 0.262 e. The van der Waals surface area contributed by atoms with Crippen molar-refractivity contribution in [3.8, 4) is 0 Å². The zero-order chi connectivity index (χ0) is 20.4. The zero-order valence-corrected chi connectivity index (χ0v) is 17.9. The minimum atomic E-state index is -0.506. The number of halogens is 2. The molecule has 3 rings (SSSR count). The molecule has 0 saturated heterocycles. The maximum atomic E-state index is 12.9. The highest BCUT2D eigenvalue weighted by Gasteiger charge is 2.21. The summed E-state index contributed by atoms with van der Waals surface area (Å²) in [6.45, 7) is 5.58. The van der Waals surface area contributed by atoms with Gasteiger partial charge < -0.3 is 5.32 Å². The molecule has 1 aromatic heterocycles. The number of carbonyl (C=O) groups excluding carboxylic acids is 1. The van der Waals surface area contributed by atoms with E-state index in [0.29, 0.717) is 31.8 Å². The van der Waals surface area contributed by atoms with Crippen LogP contribution in [0.25, 0.3) is 10.9 Å². The highest BCUT2D eigenvalue weighted by atomic mass is 35.5. The third-order valence-electron chi connectivity index (χ3n) is 4.13. The van der Waals surface area contributed by atoms with Crippen molar-refractivity contribution in [2.24, 2.45) is 0 Å². The molecule has 1 amide bonds. The number of nitrogens with one attached hydrogen (secondary N) is 1. The lowest BCUT2D eigenvalue weighted by atomic mass is 10.2. The first-order valence-corrected chi connectivity index (χ1v) is 10.4. The number of rotatable bonds is 5. The monoisotopic (exact) mass is 435 g/mol. The van der Waals surface area contributed by atoms with Gasteiger partial charge in [-0.3, -0.25) is 14.2 Å². The zero-order valence-electron chi connectivity index (χ0n) is 15.6. The summed E-state index contributed by atoms with van der Waals surface area (Å²) in [6.07, 6.45) is 0. The quantitative estimate of drug-likeness (QED) is 0.430. The summed E-state index contributed by atoms with van der Waals surface area (Å²) in [5.41, 5.74) is 0.935. The molecular weight excluding hydrogens is 417 g/mol. The van der Waals surface area contributed by atoms with Gasteiger partial charge in [0.15, 0.2) is 5.16 Å². The summed E-state index contributed by atoms with van der Waals surface area (Å²) in [6, 6.07) is 12.0. The van der Waals surface area contributed by atoms with E-state index in [-0.39, 0.29) is 17.5 Å². The molecule has 5 nitrogen and oxygen atoms in total. The normalized spacial score (nSPS) is 12.4. The third-order valence-corrected chi connectivity index (χ3v) is 5.76. The first-order valence-electron chi connectivity index (χ1n) is 8.71. The summed E-state index contributed by atoms with van der Waals surface area (Å²) in [5, 5.41) is 4.21. The van der Waals surface area contributed by atoms with Gasteiger partial charge in [0.25, 0.3) is 5.56 Å². The van der Waals surface area contributed by atoms with Crippen LogP contribution in [0.4, 0.5) is 5.69 Å². The molecule has 1 heterocycles. The van der Waals surface area contributed by atoms with Gasteiger partial charge in [0.05, 0.1) is 26.9 Å². The fourth-order valence-electron chi connectivity index (χ4n) is 2.70. The van der Waals surface area contributed by atoms with Crippen LogP contribution in [-0.4, -0.2) is 20.7 Å². The molecule has 0 radical (unpaired) electrons. The number of hydrogen-bond donors (Lipinski definition) is 1. The van der Waals surface area contributed by atoms with Crippen LogP contribution in [0.5, 0.6) is 0 Å². The molecule has 1 atom stereocenters. The molecule has 146 valence electrons. The summed E-state index contributed by atoms with van der Waals surface area (Å²) >= 11 is 13.3. The largest absolute Gasteiger partial charge is 0.324 e. The summed E-state index contributed by atoms with van der Waals surface area (Å²) in [5.74, 6) is -0.258. The Morgan fingerprint density at radius 1 is 1.14 bits per heavy atom. The second kappa shape index (κ2) is 8.55. The SMILES string of the molecule is CC(Sc1nc2ccccc2c(=O)n1C(C)C)C(=O)Nc1cc(Cl)ccc1Cl. The predicted molar refractivity (Wildman–Crippen MR) is 117 cm³/mol. The van der Waals surface area contributed by atoms with E-state index >= 15 is 0 Å². The van der Waals surface area contributed by atoms with Crippen LogP contribution in [-0.2, 0) is 4.79 Å². The minimum absolute atomic E-state index is 0.0928.